The Bertz CT molecular complexity index is 399. The van der Waals surface area contributed by atoms with Crippen LogP contribution in [0.5, 0.6) is 0 Å². The minimum Gasteiger partial charge on any atom is -0.478 e. The molecule has 29 heavy (non-hydrogen) atoms. The van der Waals surface area contributed by atoms with E-state index in [1.807, 2.05) is 6.08 Å². The second kappa shape index (κ2) is 20.5. The van der Waals surface area contributed by atoms with Crippen molar-refractivity contribution < 1.29 is 9.90 Å². The molecule has 0 saturated heterocycles. The Labute approximate surface area is 182 Å². The number of allylic oxidation sites excluding steroid dienone is 1. The maximum absolute atomic E-state index is 10.9. The average molecular weight is 409 g/mol. The van der Waals surface area contributed by atoms with Gasteiger partial charge in [-0.1, -0.05) is 136 Å². The molecule has 2 heteroatoms. The van der Waals surface area contributed by atoms with Gasteiger partial charge in [0.25, 0.3) is 0 Å². The van der Waals surface area contributed by atoms with Crippen LogP contribution in [0.3, 0.4) is 0 Å². The first-order chi connectivity index (χ1) is 14.0. The van der Waals surface area contributed by atoms with E-state index in [1.165, 1.54) is 109 Å². The lowest BCUT2D eigenvalue weighted by molar-refractivity contribution is -0.132. The van der Waals surface area contributed by atoms with Gasteiger partial charge in [-0.25, -0.2) is 4.79 Å². The van der Waals surface area contributed by atoms with Crippen LogP contribution in [0.25, 0.3) is 0 Å². The third-order valence-corrected chi connectivity index (χ3v) is 6.20. The van der Waals surface area contributed by atoms with E-state index in [0.29, 0.717) is 17.4 Å². The molecule has 2 atom stereocenters. The first kappa shape index (κ1) is 28.2. The first-order valence-corrected chi connectivity index (χ1v) is 12.9. The molecular weight excluding hydrogens is 356 g/mol. The van der Waals surface area contributed by atoms with Crippen molar-refractivity contribution in [2.24, 2.45) is 11.8 Å². The van der Waals surface area contributed by atoms with E-state index in [4.69, 9.17) is 5.11 Å². The number of rotatable bonds is 21. The molecule has 0 rings (SSSR count). The summed E-state index contributed by atoms with van der Waals surface area (Å²) in [6, 6.07) is 0. The molecule has 0 aliphatic carbocycles. The largest absolute Gasteiger partial charge is 0.478 e. The smallest absolute Gasteiger partial charge is 0.330 e. The van der Waals surface area contributed by atoms with Crippen LogP contribution >= 0.6 is 0 Å². The summed E-state index contributed by atoms with van der Waals surface area (Å²) in [4.78, 5) is 10.9. The van der Waals surface area contributed by atoms with Gasteiger partial charge in [-0.3, -0.25) is 0 Å². The van der Waals surface area contributed by atoms with Crippen LogP contribution in [0.2, 0.25) is 0 Å². The van der Waals surface area contributed by atoms with Crippen LogP contribution in [-0.2, 0) is 4.79 Å². The minimum absolute atomic E-state index is 0.363. The lowest BCUT2D eigenvalue weighted by Crippen LogP contribution is -2.04. The second-order valence-electron chi connectivity index (χ2n) is 9.56. The molecule has 0 aromatic carbocycles. The van der Waals surface area contributed by atoms with E-state index >= 15 is 0 Å². The Morgan fingerprint density at radius 2 is 1.10 bits per heavy atom. The van der Waals surface area contributed by atoms with Crippen molar-refractivity contribution in [3.63, 3.8) is 0 Å². The minimum atomic E-state index is -0.790. The molecule has 0 amide bonds. The summed E-state index contributed by atoms with van der Waals surface area (Å²) in [7, 11) is 0. The van der Waals surface area contributed by atoms with Gasteiger partial charge in [-0.05, 0) is 25.2 Å². The highest BCUT2D eigenvalue weighted by atomic mass is 16.4. The number of hydrogen-bond donors (Lipinski definition) is 1. The van der Waals surface area contributed by atoms with Crippen molar-refractivity contribution in [2.45, 2.75) is 143 Å². The summed E-state index contributed by atoms with van der Waals surface area (Å²) in [5.41, 5.74) is 0.479. The molecule has 0 bridgehead atoms. The highest BCUT2D eigenvalue weighted by Gasteiger charge is 2.09. The lowest BCUT2D eigenvalue weighted by Gasteiger charge is -2.15. The lowest BCUT2D eigenvalue weighted by atomic mass is 9.91. The molecule has 1 N–H and O–H groups in total. The highest BCUT2D eigenvalue weighted by molar-refractivity contribution is 5.85. The quantitative estimate of drug-likeness (QED) is 0.152. The zero-order valence-electron chi connectivity index (χ0n) is 20.3. The molecule has 0 aromatic heterocycles. The molecule has 0 aliphatic heterocycles. The van der Waals surface area contributed by atoms with Gasteiger partial charge >= 0.3 is 5.97 Å². The Balaban J connectivity index is 3.34. The summed E-state index contributed by atoms with van der Waals surface area (Å²) in [6.07, 6.45) is 27.0. The molecule has 0 spiro atoms. The van der Waals surface area contributed by atoms with E-state index in [9.17, 15) is 4.79 Å². The van der Waals surface area contributed by atoms with E-state index in [1.54, 1.807) is 6.92 Å². The summed E-state index contributed by atoms with van der Waals surface area (Å²) in [5.74, 6) is 0.263. The Kier molecular flexibility index (Phi) is 19.9. The van der Waals surface area contributed by atoms with Gasteiger partial charge in [0.05, 0.1) is 0 Å². The monoisotopic (exact) mass is 408 g/mol. The van der Waals surface area contributed by atoms with Crippen LogP contribution in [-0.4, -0.2) is 11.1 Å². The zero-order valence-corrected chi connectivity index (χ0v) is 20.3. The maximum atomic E-state index is 10.9. The molecule has 0 aromatic rings. The van der Waals surface area contributed by atoms with Gasteiger partial charge in [0.15, 0.2) is 0 Å². The fourth-order valence-corrected chi connectivity index (χ4v) is 4.36. The van der Waals surface area contributed by atoms with Crippen LogP contribution in [0.4, 0.5) is 0 Å². The Morgan fingerprint density at radius 1 is 0.724 bits per heavy atom. The topological polar surface area (TPSA) is 37.3 Å². The van der Waals surface area contributed by atoms with Gasteiger partial charge < -0.3 is 5.11 Å². The number of carboxylic acids is 1. The molecular formula is C27H52O2. The molecule has 0 aliphatic rings. The van der Waals surface area contributed by atoms with Crippen molar-refractivity contribution in [2.75, 3.05) is 0 Å². The Hall–Kier alpha value is -0.790. The second-order valence-corrected chi connectivity index (χ2v) is 9.56. The zero-order chi connectivity index (χ0) is 21.7. The number of carboxylic acid groups (broad SMARTS) is 1. The molecule has 0 saturated carbocycles. The van der Waals surface area contributed by atoms with Crippen molar-refractivity contribution in [3.8, 4) is 0 Å². The predicted molar refractivity (Wildman–Crippen MR) is 129 cm³/mol. The fraction of sp³-hybridized carbons (Fsp3) is 0.889. The molecule has 172 valence electrons. The molecule has 2 unspecified atom stereocenters. The van der Waals surface area contributed by atoms with Crippen molar-refractivity contribution >= 4 is 5.97 Å². The summed E-state index contributed by atoms with van der Waals surface area (Å²) >= 11 is 0. The van der Waals surface area contributed by atoms with Gasteiger partial charge in [0.2, 0.25) is 0 Å². The van der Waals surface area contributed by atoms with Crippen molar-refractivity contribution in [1.82, 2.24) is 0 Å². The summed E-state index contributed by atoms with van der Waals surface area (Å²) < 4.78 is 0. The SMILES string of the molecule is CCCCCCCCCCCCCCCCCCC(C)CC(C)/C=C(\C)C(=O)O. The van der Waals surface area contributed by atoms with Crippen LogP contribution in [0.1, 0.15) is 143 Å². The third-order valence-electron chi connectivity index (χ3n) is 6.20. The number of unbranched alkanes of at least 4 members (excludes halogenated alkanes) is 15. The summed E-state index contributed by atoms with van der Waals surface area (Å²) in [5, 5.41) is 8.96. The van der Waals surface area contributed by atoms with Gasteiger partial charge in [0, 0.05) is 5.57 Å². The van der Waals surface area contributed by atoms with E-state index in [-0.39, 0.29) is 0 Å². The van der Waals surface area contributed by atoms with Gasteiger partial charge in [0.1, 0.15) is 0 Å². The number of hydrogen-bond acceptors (Lipinski definition) is 1. The standard InChI is InChI=1S/C27H52O2/c1-5-6-7-8-9-10-11-12-13-14-15-16-17-18-19-20-21-24(2)22-25(3)23-26(4)27(28)29/h23-25H,5-22H2,1-4H3,(H,28,29)/b26-23+. The molecule has 0 fully saturated rings. The van der Waals surface area contributed by atoms with Gasteiger partial charge in [-0.2, -0.15) is 0 Å². The molecule has 2 nitrogen and oxygen atoms in total. The molecule has 0 radical (unpaired) electrons. The normalized spacial score (nSPS) is 14.1. The third kappa shape index (κ3) is 20.3. The van der Waals surface area contributed by atoms with Crippen LogP contribution < -0.4 is 0 Å². The van der Waals surface area contributed by atoms with Crippen molar-refractivity contribution in [1.29, 1.82) is 0 Å². The van der Waals surface area contributed by atoms with E-state index < -0.39 is 5.97 Å². The van der Waals surface area contributed by atoms with E-state index in [2.05, 4.69) is 20.8 Å². The molecule has 0 heterocycles. The average Bonchev–Trinajstić information content (AvgIpc) is 2.67. The van der Waals surface area contributed by atoms with Crippen LogP contribution in [0, 0.1) is 11.8 Å². The van der Waals surface area contributed by atoms with Crippen molar-refractivity contribution in [3.05, 3.63) is 11.6 Å². The summed E-state index contributed by atoms with van der Waals surface area (Å²) in [6.45, 7) is 8.43. The predicted octanol–water partition coefficient (Wildman–Crippen LogP) is 9.33. The van der Waals surface area contributed by atoms with E-state index in [0.717, 1.165) is 6.42 Å². The van der Waals surface area contributed by atoms with Crippen LogP contribution in [0.15, 0.2) is 11.6 Å². The highest BCUT2D eigenvalue weighted by Crippen LogP contribution is 2.21. The first-order valence-electron chi connectivity index (χ1n) is 12.9. The number of aliphatic carboxylic acids is 1. The number of carbonyl (C=O) groups is 1. The fourth-order valence-electron chi connectivity index (χ4n) is 4.36. The maximum Gasteiger partial charge on any atom is 0.330 e. The van der Waals surface area contributed by atoms with Gasteiger partial charge in [-0.15, -0.1) is 0 Å². The Morgan fingerprint density at radius 3 is 1.48 bits per heavy atom.